The van der Waals surface area contributed by atoms with E-state index in [1.165, 1.54) is 50.9 Å². The number of aryl methyl sites for hydroxylation is 2. The minimum absolute atomic E-state index is 0.726. The smallest absolute Gasteiger partial charge is 0.138 e. The predicted octanol–water partition coefficient (Wildman–Crippen LogP) is 2.37. The van der Waals surface area contributed by atoms with Crippen molar-refractivity contribution in [3.8, 4) is 0 Å². The first-order chi connectivity index (χ1) is 11.2. The number of aromatic nitrogens is 1. The summed E-state index contributed by atoms with van der Waals surface area (Å²) in [5, 5.41) is 4.11. The van der Waals surface area contributed by atoms with Crippen LogP contribution in [0.3, 0.4) is 0 Å². The lowest BCUT2D eigenvalue weighted by Gasteiger charge is -2.30. The molecule has 3 aliphatic heterocycles. The van der Waals surface area contributed by atoms with E-state index >= 15 is 0 Å². The number of fused-ring (bicyclic) bond motifs is 1. The van der Waals surface area contributed by atoms with E-state index in [2.05, 4.69) is 21.9 Å². The van der Waals surface area contributed by atoms with Crippen LogP contribution in [-0.2, 0) is 11.3 Å². The van der Waals surface area contributed by atoms with Crippen LogP contribution in [0, 0.1) is 19.8 Å². The Labute approximate surface area is 138 Å². The van der Waals surface area contributed by atoms with Crippen molar-refractivity contribution in [1.82, 2.24) is 15.0 Å². The minimum Gasteiger partial charge on any atom is -0.381 e. The molecule has 0 amide bonds. The van der Waals surface area contributed by atoms with Crippen molar-refractivity contribution in [3.63, 3.8) is 0 Å². The molecule has 0 N–H and O–H groups in total. The van der Waals surface area contributed by atoms with E-state index in [1.807, 2.05) is 6.92 Å². The van der Waals surface area contributed by atoms with Gasteiger partial charge in [0.05, 0.1) is 5.69 Å². The third-order valence-electron chi connectivity index (χ3n) is 6.18. The zero-order valence-electron chi connectivity index (χ0n) is 14.5. The summed E-state index contributed by atoms with van der Waals surface area (Å²) >= 11 is 0. The van der Waals surface area contributed by atoms with Gasteiger partial charge in [0.25, 0.3) is 0 Å². The fourth-order valence-electron chi connectivity index (χ4n) is 4.78. The Morgan fingerprint density at radius 2 is 1.70 bits per heavy atom. The topological polar surface area (TPSA) is 41.7 Å². The third-order valence-corrected chi connectivity index (χ3v) is 6.18. The van der Waals surface area contributed by atoms with Crippen LogP contribution < -0.4 is 0 Å². The van der Waals surface area contributed by atoms with E-state index in [1.54, 1.807) is 0 Å². The van der Waals surface area contributed by atoms with Crippen molar-refractivity contribution in [1.29, 1.82) is 0 Å². The molecular weight excluding hydrogens is 290 g/mol. The van der Waals surface area contributed by atoms with Gasteiger partial charge in [-0.2, -0.15) is 0 Å². The fraction of sp³-hybridized carbons (Fsp3) is 0.833. The molecule has 0 unspecified atom stereocenters. The summed E-state index contributed by atoms with van der Waals surface area (Å²) in [6.07, 6.45) is 5.13. The molecule has 2 atom stereocenters. The Hall–Kier alpha value is -0.910. The Bertz CT molecular complexity index is 519. The second-order valence-corrected chi connectivity index (χ2v) is 7.54. The van der Waals surface area contributed by atoms with Crippen molar-refractivity contribution >= 4 is 0 Å². The quantitative estimate of drug-likeness (QED) is 0.852. The summed E-state index contributed by atoms with van der Waals surface area (Å²) in [5.41, 5.74) is 2.36. The lowest BCUT2D eigenvalue weighted by Crippen LogP contribution is -2.39. The minimum atomic E-state index is 0.726. The van der Waals surface area contributed by atoms with E-state index in [4.69, 9.17) is 9.26 Å². The standard InChI is InChI=1S/C18H29N3O2/c1-13-16(14(2)23-19-13)12-21-8-4-17-18(21)3-7-20(17)11-15-5-9-22-10-6-15/h15,17-18H,3-12H2,1-2H3/t17-,18-/m0/s1. The molecular formula is C18H29N3O2. The molecule has 128 valence electrons. The molecule has 4 heterocycles. The van der Waals surface area contributed by atoms with Crippen LogP contribution >= 0.6 is 0 Å². The summed E-state index contributed by atoms with van der Waals surface area (Å²) in [4.78, 5) is 5.44. The number of hydrogen-bond donors (Lipinski definition) is 0. The predicted molar refractivity (Wildman–Crippen MR) is 88.3 cm³/mol. The lowest BCUT2D eigenvalue weighted by atomic mass is 9.99. The van der Waals surface area contributed by atoms with Crippen molar-refractivity contribution in [2.75, 3.05) is 32.8 Å². The highest BCUT2D eigenvalue weighted by Gasteiger charge is 2.43. The average molecular weight is 319 g/mol. The molecule has 3 fully saturated rings. The Kier molecular flexibility index (Phi) is 4.43. The van der Waals surface area contributed by atoms with Crippen LogP contribution in [0.15, 0.2) is 4.52 Å². The van der Waals surface area contributed by atoms with Gasteiger partial charge in [0.2, 0.25) is 0 Å². The lowest BCUT2D eigenvalue weighted by molar-refractivity contribution is 0.0504. The van der Waals surface area contributed by atoms with Crippen LogP contribution in [0.2, 0.25) is 0 Å². The first-order valence-corrected chi connectivity index (χ1v) is 9.20. The Morgan fingerprint density at radius 1 is 1.00 bits per heavy atom. The van der Waals surface area contributed by atoms with E-state index in [0.717, 1.165) is 49.2 Å². The normalized spacial score (nSPS) is 30.2. The van der Waals surface area contributed by atoms with E-state index in [-0.39, 0.29) is 0 Å². The molecule has 0 saturated carbocycles. The molecule has 0 aliphatic carbocycles. The second kappa shape index (κ2) is 6.54. The monoisotopic (exact) mass is 319 g/mol. The summed E-state index contributed by atoms with van der Waals surface area (Å²) < 4.78 is 10.8. The first-order valence-electron chi connectivity index (χ1n) is 9.20. The van der Waals surface area contributed by atoms with Gasteiger partial charge in [0, 0.05) is 57.0 Å². The van der Waals surface area contributed by atoms with E-state index < -0.39 is 0 Å². The van der Waals surface area contributed by atoms with Gasteiger partial charge in [-0.1, -0.05) is 5.16 Å². The second-order valence-electron chi connectivity index (χ2n) is 7.54. The molecule has 5 heteroatoms. The Morgan fingerprint density at radius 3 is 2.39 bits per heavy atom. The molecule has 23 heavy (non-hydrogen) atoms. The molecule has 3 saturated heterocycles. The highest BCUT2D eigenvalue weighted by atomic mass is 16.5. The third kappa shape index (κ3) is 3.06. The maximum Gasteiger partial charge on any atom is 0.138 e. The van der Waals surface area contributed by atoms with Gasteiger partial charge in [-0.05, 0) is 45.4 Å². The summed E-state index contributed by atoms with van der Waals surface area (Å²) in [5.74, 6) is 1.84. The highest BCUT2D eigenvalue weighted by molar-refractivity contribution is 5.21. The number of hydrogen-bond acceptors (Lipinski definition) is 5. The van der Waals surface area contributed by atoms with Crippen molar-refractivity contribution in [2.24, 2.45) is 5.92 Å². The maximum absolute atomic E-state index is 5.51. The number of likely N-dealkylation sites (tertiary alicyclic amines) is 2. The molecule has 3 aliphatic rings. The molecule has 5 nitrogen and oxygen atoms in total. The van der Waals surface area contributed by atoms with Gasteiger partial charge >= 0.3 is 0 Å². The van der Waals surface area contributed by atoms with Gasteiger partial charge in [-0.15, -0.1) is 0 Å². The number of rotatable bonds is 4. The molecule has 0 radical (unpaired) electrons. The zero-order valence-corrected chi connectivity index (χ0v) is 14.5. The van der Waals surface area contributed by atoms with Crippen LogP contribution in [-0.4, -0.2) is 59.9 Å². The van der Waals surface area contributed by atoms with E-state index in [9.17, 15) is 0 Å². The Balaban J connectivity index is 1.37. The first kappa shape index (κ1) is 15.6. The van der Waals surface area contributed by atoms with Crippen LogP contribution in [0.4, 0.5) is 0 Å². The highest BCUT2D eigenvalue weighted by Crippen LogP contribution is 2.34. The molecule has 0 aromatic carbocycles. The maximum atomic E-state index is 5.51. The summed E-state index contributed by atoms with van der Waals surface area (Å²) in [7, 11) is 0. The van der Waals surface area contributed by atoms with Crippen molar-refractivity contribution in [3.05, 3.63) is 17.0 Å². The van der Waals surface area contributed by atoms with Gasteiger partial charge in [0.15, 0.2) is 0 Å². The molecule has 0 spiro atoms. The van der Waals surface area contributed by atoms with Gasteiger partial charge < -0.3 is 9.26 Å². The van der Waals surface area contributed by atoms with Crippen molar-refractivity contribution in [2.45, 2.75) is 58.2 Å². The van der Waals surface area contributed by atoms with Crippen LogP contribution in [0.25, 0.3) is 0 Å². The molecule has 1 aromatic rings. The number of nitrogens with zero attached hydrogens (tertiary/aromatic N) is 3. The summed E-state index contributed by atoms with van der Waals surface area (Å²) in [6.45, 7) is 10.8. The molecule has 0 bridgehead atoms. The molecule has 1 aromatic heterocycles. The van der Waals surface area contributed by atoms with Gasteiger partial charge in [-0.25, -0.2) is 0 Å². The fourth-order valence-corrected chi connectivity index (χ4v) is 4.78. The molecule has 4 rings (SSSR count). The van der Waals surface area contributed by atoms with Gasteiger partial charge in [0.1, 0.15) is 5.76 Å². The number of ether oxygens (including phenoxy) is 1. The summed E-state index contributed by atoms with van der Waals surface area (Å²) in [6, 6.07) is 1.49. The van der Waals surface area contributed by atoms with Crippen molar-refractivity contribution < 1.29 is 9.26 Å². The largest absolute Gasteiger partial charge is 0.381 e. The van der Waals surface area contributed by atoms with Crippen LogP contribution in [0.1, 0.15) is 42.7 Å². The van der Waals surface area contributed by atoms with Gasteiger partial charge in [-0.3, -0.25) is 9.80 Å². The van der Waals surface area contributed by atoms with Crippen LogP contribution in [0.5, 0.6) is 0 Å². The SMILES string of the molecule is Cc1noc(C)c1CN1CC[C@H]2[C@@H]1CCN2CC1CCOCC1. The van der Waals surface area contributed by atoms with E-state index in [0.29, 0.717) is 0 Å². The zero-order chi connectivity index (χ0) is 15.8. The average Bonchev–Trinajstić information content (AvgIpc) is 3.22.